The molecule has 3 N–H and O–H groups in total. The number of carbonyl (C=O) groups is 2. The Morgan fingerprint density at radius 1 is 0.833 bits per heavy atom. The first-order valence-corrected chi connectivity index (χ1v) is 10.1. The van der Waals surface area contributed by atoms with Gasteiger partial charge < -0.3 is 11.1 Å². The van der Waals surface area contributed by atoms with Crippen LogP contribution in [0.4, 0.5) is 0 Å². The van der Waals surface area contributed by atoms with Crippen molar-refractivity contribution in [3.8, 4) is 0 Å². The second-order valence-corrected chi connectivity index (χ2v) is 7.86. The minimum absolute atomic E-state index is 0.255. The number of hydrogen-bond acceptors (Lipinski definition) is 2. The lowest BCUT2D eigenvalue weighted by molar-refractivity contribution is -0.129. The van der Waals surface area contributed by atoms with Crippen LogP contribution >= 0.6 is 0 Å². The van der Waals surface area contributed by atoms with Crippen LogP contribution in [0.2, 0.25) is 0 Å². The quantitative estimate of drug-likeness (QED) is 0.633. The summed E-state index contributed by atoms with van der Waals surface area (Å²) >= 11 is 0. The van der Waals surface area contributed by atoms with Crippen molar-refractivity contribution in [3.05, 3.63) is 107 Å². The fourth-order valence-electron chi connectivity index (χ4n) is 3.87. The van der Waals surface area contributed by atoms with E-state index < -0.39 is 17.4 Å². The minimum Gasteiger partial charge on any atom is -0.368 e. The number of carbonyl (C=O) groups excluding carboxylic acids is 2. The van der Waals surface area contributed by atoms with Gasteiger partial charge in [0.15, 0.2) is 0 Å². The highest BCUT2D eigenvalue weighted by molar-refractivity contribution is 5.95. The monoisotopic (exact) mass is 400 g/mol. The molecule has 0 bridgehead atoms. The van der Waals surface area contributed by atoms with Crippen LogP contribution in [0.1, 0.15) is 34.7 Å². The van der Waals surface area contributed by atoms with Crippen LogP contribution in [0.25, 0.3) is 0 Å². The molecule has 3 aromatic rings. The predicted molar refractivity (Wildman–Crippen MR) is 120 cm³/mol. The molecule has 0 aliphatic rings. The summed E-state index contributed by atoms with van der Waals surface area (Å²) in [6.07, 6.45) is 0.360. The average molecular weight is 401 g/mol. The fraction of sp³-hybridized carbons (Fsp3) is 0.231. The second-order valence-electron chi connectivity index (χ2n) is 7.86. The summed E-state index contributed by atoms with van der Waals surface area (Å²) < 4.78 is 0. The Bertz CT molecular complexity index is 970. The molecule has 0 unspecified atom stereocenters. The van der Waals surface area contributed by atoms with E-state index in [1.807, 2.05) is 99.6 Å². The smallest absolute Gasteiger partial charge is 0.240 e. The third-order valence-electron chi connectivity index (χ3n) is 5.86. The molecule has 30 heavy (non-hydrogen) atoms. The predicted octanol–water partition coefficient (Wildman–Crippen LogP) is 3.82. The van der Waals surface area contributed by atoms with Gasteiger partial charge in [-0.25, -0.2) is 0 Å². The third-order valence-corrected chi connectivity index (χ3v) is 5.86. The molecule has 0 saturated carbocycles. The van der Waals surface area contributed by atoms with E-state index in [1.54, 1.807) is 0 Å². The lowest BCUT2D eigenvalue weighted by Gasteiger charge is -2.31. The Morgan fingerprint density at radius 2 is 1.30 bits per heavy atom. The zero-order valence-corrected chi connectivity index (χ0v) is 17.7. The largest absolute Gasteiger partial charge is 0.368 e. The van der Waals surface area contributed by atoms with Gasteiger partial charge in [0.25, 0.3) is 0 Å². The zero-order chi connectivity index (χ0) is 21.7. The van der Waals surface area contributed by atoms with E-state index >= 15 is 0 Å². The number of benzene rings is 3. The molecular formula is C26H28N2O2. The van der Waals surface area contributed by atoms with Gasteiger partial charge in [0.05, 0.1) is 5.41 Å². The molecule has 0 fully saturated rings. The molecule has 0 heterocycles. The average Bonchev–Trinajstić information content (AvgIpc) is 2.76. The van der Waals surface area contributed by atoms with Crippen LogP contribution in [0.3, 0.4) is 0 Å². The fourth-order valence-corrected chi connectivity index (χ4v) is 3.87. The van der Waals surface area contributed by atoms with Crippen molar-refractivity contribution >= 4 is 11.8 Å². The lowest BCUT2D eigenvalue weighted by atomic mass is 9.75. The Kier molecular flexibility index (Phi) is 6.36. The number of rotatable bonds is 7. The van der Waals surface area contributed by atoms with Gasteiger partial charge in [-0.2, -0.15) is 0 Å². The number of hydrogen-bond donors (Lipinski definition) is 2. The van der Waals surface area contributed by atoms with Crippen molar-refractivity contribution in [3.63, 3.8) is 0 Å². The molecule has 0 aliphatic carbocycles. The van der Waals surface area contributed by atoms with Gasteiger partial charge in [-0.3, -0.25) is 9.59 Å². The summed E-state index contributed by atoms with van der Waals surface area (Å²) in [5, 5.41) is 2.94. The van der Waals surface area contributed by atoms with Crippen molar-refractivity contribution in [2.45, 2.75) is 38.6 Å². The summed E-state index contributed by atoms with van der Waals surface area (Å²) in [6.45, 7) is 5.88. The maximum absolute atomic E-state index is 13.6. The molecule has 0 aliphatic heterocycles. The summed E-state index contributed by atoms with van der Waals surface area (Å²) in [6, 6.07) is 24.4. The van der Waals surface area contributed by atoms with Crippen LogP contribution in [-0.2, 0) is 21.4 Å². The SMILES string of the molecule is Cc1cccc(C)c1C[C@H](NC(=O)C(C)(c1ccccc1)c1ccccc1)C(N)=O. The minimum atomic E-state index is -0.961. The van der Waals surface area contributed by atoms with E-state index in [0.29, 0.717) is 6.42 Å². The summed E-state index contributed by atoms with van der Waals surface area (Å²) in [7, 11) is 0. The molecule has 0 aromatic heterocycles. The van der Waals surface area contributed by atoms with Crippen molar-refractivity contribution in [2.24, 2.45) is 5.73 Å². The molecule has 0 radical (unpaired) electrons. The first-order valence-electron chi connectivity index (χ1n) is 10.1. The van der Waals surface area contributed by atoms with E-state index in [9.17, 15) is 9.59 Å². The van der Waals surface area contributed by atoms with Crippen molar-refractivity contribution in [1.82, 2.24) is 5.32 Å². The number of amides is 2. The van der Waals surface area contributed by atoms with Crippen LogP contribution < -0.4 is 11.1 Å². The van der Waals surface area contributed by atoms with E-state index in [4.69, 9.17) is 5.73 Å². The van der Waals surface area contributed by atoms with Crippen LogP contribution in [0.5, 0.6) is 0 Å². The van der Waals surface area contributed by atoms with Crippen molar-refractivity contribution in [1.29, 1.82) is 0 Å². The van der Waals surface area contributed by atoms with Gasteiger partial charge in [-0.1, -0.05) is 78.9 Å². The van der Waals surface area contributed by atoms with Crippen LogP contribution in [0, 0.1) is 13.8 Å². The molecule has 3 rings (SSSR count). The highest BCUT2D eigenvalue weighted by Crippen LogP contribution is 2.32. The molecule has 0 spiro atoms. The highest BCUT2D eigenvalue weighted by atomic mass is 16.2. The number of nitrogens with two attached hydrogens (primary N) is 1. The van der Waals surface area contributed by atoms with Crippen LogP contribution in [0.15, 0.2) is 78.9 Å². The first-order chi connectivity index (χ1) is 14.3. The van der Waals surface area contributed by atoms with Gasteiger partial charge in [0.2, 0.25) is 11.8 Å². The molecule has 154 valence electrons. The molecule has 0 saturated heterocycles. The van der Waals surface area contributed by atoms with E-state index in [0.717, 1.165) is 27.8 Å². The standard InChI is InChI=1S/C26H28N2O2/c1-18-11-10-12-19(2)22(18)17-23(24(27)29)28-25(30)26(3,20-13-6-4-7-14-20)21-15-8-5-9-16-21/h4-16,23H,17H2,1-3H3,(H2,27,29)(H,28,30)/t23-/m0/s1. The number of primary amides is 1. The van der Waals surface area contributed by atoms with Gasteiger partial charge in [0, 0.05) is 6.42 Å². The van der Waals surface area contributed by atoms with Gasteiger partial charge in [-0.15, -0.1) is 0 Å². The van der Waals surface area contributed by atoms with E-state index in [1.165, 1.54) is 0 Å². The molecule has 3 aromatic carbocycles. The second kappa shape index (κ2) is 8.95. The molecule has 2 amide bonds. The summed E-state index contributed by atoms with van der Waals surface area (Å²) in [5.74, 6) is -0.801. The molecule has 4 heteroatoms. The normalized spacial score (nSPS) is 12.2. The van der Waals surface area contributed by atoms with Gasteiger partial charge in [0.1, 0.15) is 6.04 Å². The van der Waals surface area contributed by atoms with Gasteiger partial charge in [-0.05, 0) is 48.6 Å². The number of aryl methyl sites for hydroxylation is 2. The summed E-state index contributed by atoms with van der Waals surface area (Å²) in [4.78, 5) is 25.9. The summed E-state index contributed by atoms with van der Waals surface area (Å²) in [5.41, 5.74) is 9.62. The van der Waals surface area contributed by atoms with Crippen molar-refractivity contribution < 1.29 is 9.59 Å². The first kappa shape index (κ1) is 21.3. The van der Waals surface area contributed by atoms with Gasteiger partial charge >= 0.3 is 0 Å². The lowest BCUT2D eigenvalue weighted by Crippen LogP contribution is -2.52. The maximum Gasteiger partial charge on any atom is 0.240 e. The maximum atomic E-state index is 13.6. The third kappa shape index (κ3) is 4.28. The highest BCUT2D eigenvalue weighted by Gasteiger charge is 2.38. The van der Waals surface area contributed by atoms with Crippen molar-refractivity contribution in [2.75, 3.05) is 0 Å². The topological polar surface area (TPSA) is 72.2 Å². The Morgan fingerprint density at radius 3 is 1.73 bits per heavy atom. The molecule has 4 nitrogen and oxygen atoms in total. The number of nitrogens with one attached hydrogen (secondary N) is 1. The van der Waals surface area contributed by atoms with Crippen LogP contribution in [-0.4, -0.2) is 17.9 Å². The Labute approximate surface area is 178 Å². The zero-order valence-electron chi connectivity index (χ0n) is 17.7. The Hall–Kier alpha value is -3.40. The molecule has 1 atom stereocenters. The van der Waals surface area contributed by atoms with E-state index in [2.05, 4.69) is 5.32 Å². The Balaban J connectivity index is 1.97. The molecular weight excluding hydrogens is 372 g/mol. The van der Waals surface area contributed by atoms with E-state index in [-0.39, 0.29) is 5.91 Å².